The molecule has 0 radical (unpaired) electrons. The summed E-state index contributed by atoms with van der Waals surface area (Å²) in [6.45, 7) is 4.00. The Morgan fingerprint density at radius 2 is 1.81 bits per heavy atom. The molecule has 1 aliphatic heterocycles. The van der Waals surface area contributed by atoms with Crippen LogP contribution in [0.5, 0.6) is 5.75 Å². The number of nitrogens with zero attached hydrogens (tertiary/aromatic N) is 2. The van der Waals surface area contributed by atoms with Crippen molar-refractivity contribution in [3.05, 3.63) is 59.2 Å². The summed E-state index contributed by atoms with van der Waals surface area (Å²) in [5.74, 6) is 0.355. The number of rotatable bonds is 5. The van der Waals surface area contributed by atoms with Crippen LogP contribution in [0.15, 0.2) is 47.5 Å². The van der Waals surface area contributed by atoms with Crippen molar-refractivity contribution < 1.29 is 14.3 Å². The maximum atomic E-state index is 13.4. The number of carbonyl (C=O) groups excluding carboxylic acids is 2. The summed E-state index contributed by atoms with van der Waals surface area (Å²) in [6.07, 6.45) is 4.71. The predicted octanol–water partition coefficient (Wildman–Crippen LogP) is 4.24. The number of methoxy groups -OCH3 is 1. The van der Waals surface area contributed by atoms with E-state index < -0.39 is 5.66 Å². The van der Waals surface area contributed by atoms with Gasteiger partial charge in [-0.15, -0.1) is 0 Å². The Labute approximate surface area is 183 Å². The fourth-order valence-electron chi connectivity index (χ4n) is 4.51. The molecule has 1 heterocycles. The van der Waals surface area contributed by atoms with Crippen molar-refractivity contribution in [3.63, 3.8) is 0 Å². The van der Waals surface area contributed by atoms with Crippen molar-refractivity contribution in [1.29, 1.82) is 0 Å². The maximum Gasteiger partial charge on any atom is 0.275 e. The van der Waals surface area contributed by atoms with E-state index in [0.29, 0.717) is 5.71 Å². The normalized spacial score (nSPS) is 17.6. The molecular formula is C25H29N3O3. The van der Waals surface area contributed by atoms with E-state index in [1.165, 1.54) is 0 Å². The molecule has 1 saturated carbocycles. The molecule has 1 spiro atoms. The first-order valence-electron chi connectivity index (χ1n) is 10.9. The van der Waals surface area contributed by atoms with Gasteiger partial charge in [0.2, 0.25) is 5.91 Å². The van der Waals surface area contributed by atoms with E-state index in [-0.39, 0.29) is 18.4 Å². The Bertz CT molecular complexity index is 1020. The zero-order chi connectivity index (χ0) is 22.0. The molecule has 1 aliphatic carbocycles. The van der Waals surface area contributed by atoms with Gasteiger partial charge in [0.05, 0.1) is 7.11 Å². The van der Waals surface area contributed by atoms with E-state index >= 15 is 0 Å². The molecule has 31 heavy (non-hydrogen) atoms. The van der Waals surface area contributed by atoms with E-state index in [1.807, 2.05) is 56.3 Å². The van der Waals surface area contributed by atoms with Crippen molar-refractivity contribution in [2.45, 2.75) is 51.6 Å². The minimum atomic E-state index is -0.621. The molecule has 1 fully saturated rings. The third kappa shape index (κ3) is 4.07. The van der Waals surface area contributed by atoms with Crippen LogP contribution in [0.1, 0.15) is 48.8 Å². The molecule has 1 N–H and O–H groups in total. The summed E-state index contributed by atoms with van der Waals surface area (Å²) in [6, 6.07) is 13.2. The standard InChI is InChI=1S/C25H29N3O3/c1-17-8-7-9-21(18(17)2)26-22(29)16-28-24(30)23(19-10-12-20(31-3)13-11-19)27-25(28)14-5-4-6-15-25/h7-13H,4-6,14-16H2,1-3H3,(H,26,29). The average Bonchev–Trinajstić information content (AvgIpc) is 3.03. The molecule has 0 bridgehead atoms. The van der Waals surface area contributed by atoms with Crippen molar-refractivity contribution in [3.8, 4) is 5.75 Å². The Morgan fingerprint density at radius 3 is 2.48 bits per heavy atom. The van der Waals surface area contributed by atoms with E-state index in [9.17, 15) is 9.59 Å². The van der Waals surface area contributed by atoms with Crippen LogP contribution in [0.2, 0.25) is 0 Å². The van der Waals surface area contributed by atoms with Crippen molar-refractivity contribution >= 4 is 23.2 Å². The molecular weight excluding hydrogens is 390 g/mol. The first-order valence-corrected chi connectivity index (χ1v) is 10.9. The van der Waals surface area contributed by atoms with Crippen LogP contribution >= 0.6 is 0 Å². The first-order chi connectivity index (χ1) is 14.9. The van der Waals surface area contributed by atoms with Crippen LogP contribution in [0.4, 0.5) is 5.69 Å². The van der Waals surface area contributed by atoms with Crippen LogP contribution in [-0.4, -0.2) is 41.7 Å². The van der Waals surface area contributed by atoms with E-state index in [1.54, 1.807) is 12.0 Å². The molecule has 0 unspecified atom stereocenters. The molecule has 0 saturated heterocycles. The lowest BCUT2D eigenvalue weighted by molar-refractivity contribution is -0.134. The van der Waals surface area contributed by atoms with E-state index in [4.69, 9.17) is 9.73 Å². The third-order valence-electron chi connectivity index (χ3n) is 6.47. The van der Waals surface area contributed by atoms with Crippen LogP contribution in [0.3, 0.4) is 0 Å². The number of aryl methyl sites for hydroxylation is 1. The van der Waals surface area contributed by atoms with Gasteiger partial charge in [-0.05, 0) is 81.0 Å². The van der Waals surface area contributed by atoms with E-state index in [0.717, 1.165) is 60.2 Å². The number of anilines is 1. The minimum absolute atomic E-state index is 0.00459. The number of aliphatic imine (C=N–C) groups is 1. The summed E-state index contributed by atoms with van der Waals surface area (Å²) in [4.78, 5) is 33.0. The smallest absolute Gasteiger partial charge is 0.275 e. The molecule has 6 heteroatoms. The topological polar surface area (TPSA) is 71.0 Å². The van der Waals surface area contributed by atoms with Crippen molar-refractivity contribution in [1.82, 2.24) is 4.90 Å². The van der Waals surface area contributed by atoms with Crippen LogP contribution in [0.25, 0.3) is 0 Å². The minimum Gasteiger partial charge on any atom is -0.497 e. The SMILES string of the molecule is COc1ccc(C2=NC3(CCCCC3)N(CC(=O)Nc3cccc(C)c3C)C2=O)cc1. The highest BCUT2D eigenvalue weighted by Gasteiger charge is 2.48. The number of hydrogen-bond acceptors (Lipinski definition) is 4. The molecule has 2 amide bonds. The predicted molar refractivity (Wildman–Crippen MR) is 122 cm³/mol. The zero-order valence-electron chi connectivity index (χ0n) is 18.4. The van der Waals surface area contributed by atoms with Crippen molar-refractivity contribution in [2.24, 2.45) is 4.99 Å². The number of hydrogen-bond donors (Lipinski definition) is 1. The Kier molecular flexibility index (Phi) is 5.81. The van der Waals surface area contributed by atoms with Crippen LogP contribution in [0, 0.1) is 13.8 Å². The Hall–Kier alpha value is -3.15. The van der Waals surface area contributed by atoms with Gasteiger partial charge in [0.15, 0.2) is 0 Å². The fourth-order valence-corrected chi connectivity index (χ4v) is 4.51. The lowest BCUT2D eigenvalue weighted by Crippen LogP contribution is -2.51. The van der Waals surface area contributed by atoms with E-state index in [2.05, 4.69) is 5.32 Å². The van der Waals surface area contributed by atoms with Gasteiger partial charge in [0.25, 0.3) is 5.91 Å². The number of amides is 2. The van der Waals surface area contributed by atoms with Gasteiger partial charge in [-0.2, -0.15) is 0 Å². The quantitative estimate of drug-likeness (QED) is 0.788. The lowest BCUT2D eigenvalue weighted by atomic mass is 9.88. The summed E-state index contributed by atoms with van der Waals surface area (Å²) in [7, 11) is 1.61. The Morgan fingerprint density at radius 1 is 1.10 bits per heavy atom. The van der Waals surface area contributed by atoms with Crippen molar-refractivity contribution in [2.75, 3.05) is 19.0 Å². The average molecular weight is 420 g/mol. The molecule has 162 valence electrons. The monoisotopic (exact) mass is 419 g/mol. The summed E-state index contributed by atoms with van der Waals surface area (Å²) in [5, 5.41) is 2.99. The summed E-state index contributed by atoms with van der Waals surface area (Å²) in [5.41, 5.74) is 3.50. The largest absolute Gasteiger partial charge is 0.497 e. The zero-order valence-corrected chi connectivity index (χ0v) is 18.4. The molecule has 6 nitrogen and oxygen atoms in total. The fraction of sp³-hybridized carbons (Fsp3) is 0.400. The highest BCUT2D eigenvalue weighted by molar-refractivity contribution is 6.47. The second-order valence-corrected chi connectivity index (χ2v) is 8.42. The molecule has 0 aromatic heterocycles. The number of carbonyl (C=O) groups is 2. The molecule has 0 atom stereocenters. The van der Waals surface area contributed by atoms with Gasteiger partial charge in [0, 0.05) is 11.3 Å². The highest BCUT2D eigenvalue weighted by Crippen LogP contribution is 2.39. The molecule has 2 aromatic carbocycles. The van der Waals surface area contributed by atoms with Gasteiger partial charge in [0.1, 0.15) is 23.7 Å². The molecule has 4 rings (SSSR count). The van der Waals surface area contributed by atoms with Gasteiger partial charge >= 0.3 is 0 Å². The number of benzene rings is 2. The third-order valence-corrected chi connectivity index (χ3v) is 6.47. The van der Waals surface area contributed by atoms with Gasteiger partial charge in [-0.1, -0.05) is 18.6 Å². The Balaban J connectivity index is 1.59. The lowest BCUT2D eigenvalue weighted by Gasteiger charge is -2.38. The highest BCUT2D eigenvalue weighted by atomic mass is 16.5. The van der Waals surface area contributed by atoms with Gasteiger partial charge in [-0.25, -0.2) is 0 Å². The second-order valence-electron chi connectivity index (χ2n) is 8.42. The van der Waals surface area contributed by atoms with Crippen LogP contribution in [-0.2, 0) is 9.59 Å². The summed E-state index contributed by atoms with van der Waals surface area (Å²) >= 11 is 0. The molecule has 2 aromatic rings. The van der Waals surface area contributed by atoms with Gasteiger partial charge < -0.3 is 15.0 Å². The number of ether oxygens (including phenoxy) is 1. The van der Waals surface area contributed by atoms with Gasteiger partial charge in [-0.3, -0.25) is 14.6 Å². The first kappa shape index (κ1) is 21.1. The van der Waals surface area contributed by atoms with Crippen LogP contribution < -0.4 is 10.1 Å². The second kappa shape index (κ2) is 8.53. The molecule has 2 aliphatic rings. The summed E-state index contributed by atoms with van der Waals surface area (Å²) < 4.78 is 5.23. The number of nitrogens with one attached hydrogen (secondary N) is 1. The maximum absolute atomic E-state index is 13.4.